The molecule has 0 fully saturated rings. The number of hydrogen-bond donors (Lipinski definition) is 1. The molecule has 63 heavy (non-hydrogen) atoms. The van der Waals surface area contributed by atoms with Crippen molar-refractivity contribution in [2.75, 3.05) is 28.2 Å². The summed E-state index contributed by atoms with van der Waals surface area (Å²) in [6.45, 7) is 14.8. The number of ether oxygens (including phenoxy) is 2. The molecule has 0 aliphatic heterocycles. The lowest BCUT2D eigenvalue weighted by atomic mass is 9.61. The van der Waals surface area contributed by atoms with Crippen LogP contribution in [0.4, 0.5) is 0 Å². The quantitative estimate of drug-likeness (QED) is 0.123. The van der Waals surface area contributed by atoms with Crippen LogP contribution in [0, 0.1) is 23.7 Å². The topological polar surface area (TPSA) is 175 Å². The number of Topliss-reactive ketones (excluding diaryl/α,β-unsaturated/α-hetero) is 2. The van der Waals surface area contributed by atoms with E-state index in [0.29, 0.717) is 11.5 Å². The van der Waals surface area contributed by atoms with Gasteiger partial charge in [0.2, 0.25) is 11.6 Å². The number of ketones is 4. The molecule has 4 aliphatic carbocycles. The van der Waals surface area contributed by atoms with E-state index in [9.17, 15) is 24.3 Å². The van der Waals surface area contributed by atoms with E-state index in [2.05, 4.69) is 44.2 Å². The Balaban J connectivity index is 0.000000193. The van der Waals surface area contributed by atoms with Crippen LogP contribution in [-0.4, -0.2) is 96.1 Å². The molecule has 4 aliphatic rings. The van der Waals surface area contributed by atoms with Crippen molar-refractivity contribution in [2.24, 2.45) is 23.7 Å². The molecule has 0 saturated heterocycles. The maximum atomic E-state index is 14.4. The number of aromatic nitrogens is 2. The lowest BCUT2D eigenvalue weighted by Gasteiger charge is -2.53. The molecule has 2 heterocycles. The summed E-state index contributed by atoms with van der Waals surface area (Å²) in [5, 5.41) is 19.2. The molecule has 0 amide bonds. The van der Waals surface area contributed by atoms with Gasteiger partial charge in [0.25, 0.3) is 11.8 Å². The van der Waals surface area contributed by atoms with Crippen LogP contribution in [0.15, 0.2) is 94.0 Å². The van der Waals surface area contributed by atoms with Crippen LogP contribution in [0.1, 0.15) is 90.1 Å². The van der Waals surface area contributed by atoms with E-state index in [1.807, 2.05) is 119 Å². The molecule has 8 rings (SSSR count). The molecule has 8 atom stereocenters. The van der Waals surface area contributed by atoms with Gasteiger partial charge in [0.1, 0.15) is 24.3 Å². The van der Waals surface area contributed by atoms with Crippen molar-refractivity contribution in [3.05, 3.63) is 119 Å². The molecule has 15 heteroatoms. The summed E-state index contributed by atoms with van der Waals surface area (Å²) < 4.78 is 29.9. The van der Waals surface area contributed by atoms with Gasteiger partial charge in [0.15, 0.2) is 42.6 Å². The zero-order valence-corrected chi connectivity index (χ0v) is 38.9. The van der Waals surface area contributed by atoms with E-state index < -0.39 is 60.8 Å². The van der Waals surface area contributed by atoms with Crippen molar-refractivity contribution in [2.45, 2.75) is 89.3 Å². The summed E-state index contributed by atoms with van der Waals surface area (Å²) in [6.07, 6.45) is 6.40. The van der Waals surface area contributed by atoms with Gasteiger partial charge in [-0.1, -0.05) is 107 Å². The molecule has 2 aromatic carbocycles. The van der Waals surface area contributed by atoms with Gasteiger partial charge in [-0.15, -0.1) is 0 Å². The maximum Gasteiger partial charge on any atom is 0.265 e. The van der Waals surface area contributed by atoms with E-state index in [1.165, 1.54) is 12.2 Å². The SMILES string of the molecule is C[C@H]1C=CC(=O)[C@]2(O)C(=O)c3c(OCc4ccccc4)noc3[C@@H](N(C)C)[C@H]12.C[C@H]1C=CC(=O)[C@]2(O[Si](C)(C)C(C)(C)C)C(=O)c3c(OCc4ccccc4)noc3[C@@H](N(C)C)[C@H]12. The highest BCUT2D eigenvalue weighted by Gasteiger charge is 2.67. The second kappa shape index (κ2) is 17.0. The summed E-state index contributed by atoms with van der Waals surface area (Å²) in [4.78, 5) is 57.9. The van der Waals surface area contributed by atoms with Gasteiger partial charge in [-0.25, -0.2) is 0 Å². The first-order valence-corrected chi connectivity index (χ1v) is 24.2. The molecule has 14 nitrogen and oxygen atoms in total. The first-order chi connectivity index (χ1) is 29.7. The van der Waals surface area contributed by atoms with Gasteiger partial charge >= 0.3 is 0 Å². The summed E-state index contributed by atoms with van der Waals surface area (Å²) in [5.74, 6) is -2.63. The predicted molar refractivity (Wildman–Crippen MR) is 236 cm³/mol. The molecule has 0 unspecified atom stereocenters. The van der Waals surface area contributed by atoms with Crippen molar-refractivity contribution in [3.63, 3.8) is 0 Å². The number of carbonyl (C=O) groups is 4. The zero-order valence-electron chi connectivity index (χ0n) is 37.9. The van der Waals surface area contributed by atoms with Crippen molar-refractivity contribution in [1.82, 2.24) is 20.1 Å². The number of benzene rings is 2. The van der Waals surface area contributed by atoms with Gasteiger partial charge < -0.3 is 28.1 Å². The van der Waals surface area contributed by atoms with Crippen molar-refractivity contribution >= 4 is 31.5 Å². The number of carbonyl (C=O) groups excluding carboxylic acids is 4. The second-order valence-corrected chi connectivity index (χ2v) is 23.8. The lowest BCUT2D eigenvalue weighted by molar-refractivity contribution is -0.139. The smallest absolute Gasteiger partial charge is 0.265 e. The first kappa shape index (κ1) is 45.7. The Labute approximate surface area is 369 Å². The summed E-state index contributed by atoms with van der Waals surface area (Å²) in [7, 11) is 4.90. The molecule has 0 bridgehead atoms. The Hall–Kier alpha value is -5.32. The van der Waals surface area contributed by atoms with Crippen LogP contribution in [0.2, 0.25) is 18.1 Å². The minimum absolute atomic E-state index is 0.00224. The largest absolute Gasteiger partial charge is 0.470 e. The molecule has 0 spiro atoms. The van der Waals surface area contributed by atoms with Crippen molar-refractivity contribution < 1.29 is 47.2 Å². The minimum atomic E-state index is -2.56. The number of aliphatic hydroxyl groups is 1. The van der Waals surface area contributed by atoms with Crippen LogP contribution < -0.4 is 9.47 Å². The Bertz CT molecular complexity index is 2430. The highest BCUT2D eigenvalue weighted by Crippen LogP contribution is 2.56. The van der Waals surface area contributed by atoms with Gasteiger partial charge in [0, 0.05) is 11.8 Å². The summed E-state index contributed by atoms with van der Waals surface area (Å²) >= 11 is 0. The van der Waals surface area contributed by atoms with Gasteiger partial charge in [0.05, 0.1) is 12.1 Å². The monoisotopic (exact) mass is 878 g/mol. The Morgan fingerprint density at radius 2 is 1.11 bits per heavy atom. The minimum Gasteiger partial charge on any atom is -0.470 e. The number of nitrogens with zero attached hydrogens (tertiary/aromatic N) is 4. The third-order valence-electron chi connectivity index (χ3n) is 13.4. The van der Waals surface area contributed by atoms with E-state index in [1.54, 1.807) is 6.08 Å². The fraction of sp³-hybridized carbons (Fsp3) is 0.458. The normalized spacial score (nSPS) is 27.7. The number of hydrogen-bond acceptors (Lipinski definition) is 14. The Kier molecular flexibility index (Phi) is 12.3. The molecular weight excluding hydrogens is 821 g/mol. The van der Waals surface area contributed by atoms with Gasteiger partial charge in [-0.3, -0.25) is 29.0 Å². The fourth-order valence-electron chi connectivity index (χ4n) is 9.18. The van der Waals surface area contributed by atoms with Gasteiger partial charge in [-0.2, -0.15) is 0 Å². The molecule has 334 valence electrons. The maximum absolute atomic E-state index is 14.4. The number of rotatable bonds is 10. The predicted octanol–water partition coefficient (Wildman–Crippen LogP) is 7.38. The average molecular weight is 879 g/mol. The zero-order chi connectivity index (χ0) is 45.8. The number of allylic oxidation sites excluding steroid dienone is 2. The summed E-state index contributed by atoms with van der Waals surface area (Å²) in [5.41, 5.74) is -1.72. The first-order valence-electron chi connectivity index (χ1n) is 21.3. The Morgan fingerprint density at radius 1 is 0.683 bits per heavy atom. The number of fused-ring (bicyclic) bond motifs is 4. The van der Waals surface area contributed by atoms with Crippen LogP contribution in [0.25, 0.3) is 0 Å². The molecular formula is C48H58N4O10Si. The highest BCUT2D eigenvalue weighted by molar-refractivity contribution is 6.74. The van der Waals surface area contributed by atoms with Crippen LogP contribution >= 0.6 is 0 Å². The highest BCUT2D eigenvalue weighted by atomic mass is 28.4. The van der Waals surface area contributed by atoms with E-state index in [-0.39, 0.29) is 58.8 Å². The van der Waals surface area contributed by atoms with Crippen molar-refractivity contribution in [3.8, 4) is 11.8 Å². The molecule has 0 radical (unpaired) electrons. The Morgan fingerprint density at radius 3 is 1.57 bits per heavy atom. The molecule has 1 N–H and O–H groups in total. The van der Waals surface area contributed by atoms with Crippen LogP contribution in [0.3, 0.4) is 0 Å². The van der Waals surface area contributed by atoms with E-state index >= 15 is 0 Å². The lowest BCUT2D eigenvalue weighted by Crippen LogP contribution is -2.67. The van der Waals surface area contributed by atoms with Gasteiger partial charge in [-0.05, 0) is 91.8 Å². The molecule has 4 aromatic rings. The third kappa shape index (κ3) is 7.77. The third-order valence-corrected chi connectivity index (χ3v) is 17.9. The average Bonchev–Trinajstić information content (AvgIpc) is 3.86. The van der Waals surface area contributed by atoms with E-state index in [0.717, 1.165) is 11.1 Å². The van der Waals surface area contributed by atoms with Crippen LogP contribution in [0.5, 0.6) is 11.8 Å². The molecule has 2 aromatic heterocycles. The summed E-state index contributed by atoms with van der Waals surface area (Å²) in [6, 6.07) is 18.2. The second-order valence-electron chi connectivity index (χ2n) is 19.1. The van der Waals surface area contributed by atoms with E-state index in [4.69, 9.17) is 22.9 Å². The standard InChI is InChI=1S/C27H36N2O5Si.C21H22N2O5/c1-17-14-15-19(30)27(34-35(7,8)26(2,3)4)21(17)22(29(5)6)23-20(24(27)31)25(28-33-23)32-16-18-12-10-9-11-13-18;1-12-9-10-14(24)21(26)16(12)17(23(2)3)18-15(19(21)25)20(22-28-18)27-11-13-7-5-4-6-8-13/h9-15,17,21-22H,16H2,1-8H3;4-10,12,16-17,26H,11H2,1-3H3/t17-,21-,22-,27+;12-,16-,17-,21+/m00/s1. The van der Waals surface area contributed by atoms with Crippen LogP contribution in [-0.2, 0) is 27.2 Å². The van der Waals surface area contributed by atoms with Crippen molar-refractivity contribution in [1.29, 1.82) is 0 Å². The molecule has 0 saturated carbocycles. The fourth-order valence-corrected chi connectivity index (χ4v) is 10.6.